The first-order valence-electron chi connectivity index (χ1n) is 7.20. The Morgan fingerprint density at radius 3 is 1.83 bits per heavy atom. The van der Waals surface area contributed by atoms with Gasteiger partial charge in [-0.2, -0.15) is 5.26 Å². The van der Waals surface area contributed by atoms with Gasteiger partial charge >= 0.3 is 11.9 Å². The highest BCUT2D eigenvalue weighted by Gasteiger charge is 2.33. The average molecular weight is 319 g/mol. The first-order chi connectivity index (χ1) is 11.0. The lowest BCUT2D eigenvalue weighted by Gasteiger charge is -2.26. The lowest BCUT2D eigenvalue weighted by Crippen LogP contribution is -2.27. The molecule has 0 radical (unpaired) electrons. The third-order valence-corrected chi connectivity index (χ3v) is 3.82. The minimum absolute atomic E-state index is 0.0945. The smallest absolute Gasteiger partial charge is 0.305 e. The molecule has 0 bridgehead atoms. The van der Waals surface area contributed by atoms with Crippen molar-refractivity contribution in [1.82, 2.24) is 0 Å². The van der Waals surface area contributed by atoms with Crippen LogP contribution in [0.3, 0.4) is 0 Å². The van der Waals surface area contributed by atoms with Crippen LogP contribution in [-0.2, 0) is 24.5 Å². The number of methoxy groups -OCH3 is 3. The van der Waals surface area contributed by atoms with Gasteiger partial charge < -0.3 is 14.2 Å². The highest BCUT2D eigenvalue weighted by atomic mass is 16.5. The molecule has 0 aromatic heterocycles. The Labute approximate surface area is 136 Å². The molecule has 0 aliphatic heterocycles. The summed E-state index contributed by atoms with van der Waals surface area (Å²) in [5.41, 5.74) is -0.233. The maximum absolute atomic E-state index is 11.5. The van der Waals surface area contributed by atoms with Crippen LogP contribution >= 0.6 is 0 Å². The van der Waals surface area contributed by atoms with Crippen LogP contribution in [0.5, 0.6) is 5.75 Å². The van der Waals surface area contributed by atoms with Crippen LogP contribution in [0.1, 0.15) is 31.2 Å². The number of ether oxygens (including phenoxy) is 3. The molecule has 124 valence electrons. The molecular weight excluding hydrogens is 298 g/mol. The minimum atomic E-state index is -0.964. The zero-order valence-electron chi connectivity index (χ0n) is 13.6. The highest BCUT2D eigenvalue weighted by molar-refractivity contribution is 5.70. The molecule has 1 aromatic carbocycles. The number of hydrogen-bond acceptors (Lipinski definition) is 6. The van der Waals surface area contributed by atoms with Crippen molar-refractivity contribution in [2.75, 3.05) is 21.3 Å². The standard InChI is InChI=1S/C17H21NO5/c1-21-14-6-4-13(5-7-14)17(12-18,10-8-15(19)22-2)11-9-16(20)23-3/h4-7H,8-11H2,1-3H3. The lowest BCUT2D eigenvalue weighted by atomic mass is 9.74. The van der Waals surface area contributed by atoms with E-state index in [1.807, 2.05) is 0 Å². The zero-order chi connectivity index (χ0) is 17.3. The molecule has 6 nitrogen and oxygen atoms in total. The van der Waals surface area contributed by atoms with E-state index in [0.29, 0.717) is 5.75 Å². The maximum Gasteiger partial charge on any atom is 0.305 e. The van der Waals surface area contributed by atoms with Gasteiger partial charge in [0.2, 0.25) is 0 Å². The fourth-order valence-corrected chi connectivity index (χ4v) is 2.34. The molecule has 0 heterocycles. The van der Waals surface area contributed by atoms with Gasteiger partial charge in [0.15, 0.2) is 0 Å². The third-order valence-electron chi connectivity index (χ3n) is 3.82. The number of benzene rings is 1. The van der Waals surface area contributed by atoms with Crippen LogP contribution < -0.4 is 4.74 Å². The van der Waals surface area contributed by atoms with E-state index < -0.39 is 17.4 Å². The summed E-state index contributed by atoms with van der Waals surface area (Å²) < 4.78 is 14.4. The first kappa shape index (κ1) is 18.5. The molecule has 0 spiro atoms. The van der Waals surface area contributed by atoms with E-state index >= 15 is 0 Å². The van der Waals surface area contributed by atoms with Crippen LogP contribution in [0.25, 0.3) is 0 Å². The second-order valence-electron chi connectivity index (χ2n) is 5.07. The van der Waals surface area contributed by atoms with Gasteiger partial charge in [0.25, 0.3) is 0 Å². The Morgan fingerprint density at radius 2 is 1.48 bits per heavy atom. The molecule has 0 fully saturated rings. The van der Waals surface area contributed by atoms with E-state index in [0.717, 1.165) is 5.56 Å². The predicted octanol–water partition coefficient (Wildman–Crippen LogP) is 2.36. The van der Waals surface area contributed by atoms with E-state index in [4.69, 9.17) is 4.74 Å². The monoisotopic (exact) mass is 319 g/mol. The number of esters is 2. The minimum Gasteiger partial charge on any atom is -0.497 e. The van der Waals surface area contributed by atoms with E-state index in [-0.39, 0.29) is 25.7 Å². The number of hydrogen-bond donors (Lipinski definition) is 0. The van der Waals surface area contributed by atoms with E-state index in [1.165, 1.54) is 14.2 Å². The van der Waals surface area contributed by atoms with Gasteiger partial charge in [-0.05, 0) is 30.5 Å². The second-order valence-corrected chi connectivity index (χ2v) is 5.07. The molecule has 0 saturated heterocycles. The average Bonchev–Trinajstić information content (AvgIpc) is 2.61. The quantitative estimate of drug-likeness (QED) is 0.684. The number of nitriles is 1. The number of rotatable bonds is 8. The molecule has 0 aliphatic rings. The molecule has 0 atom stereocenters. The Morgan fingerprint density at radius 1 is 1.00 bits per heavy atom. The molecule has 0 N–H and O–H groups in total. The van der Waals surface area contributed by atoms with Crippen molar-refractivity contribution in [3.05, 3.63) is 29.8 Å². The molecule has 1 aromatic rings. The van der Waals surface area contributed by atoms with E-state index in [9.17, 15) is 14.9 Å². The predicted molar refractivity (Wildman–Crippen MR) is 82.8 cm³/mol. The fourth-order valence-electron chi connectivity index (χ4n) is 2.34. The van der Waals surface area contributed by atoms with Crippen molar-refractivity contribution in [3.63, 3.8) is 0 Å². The topological polar surface area (TPSA) is 85.6 Å². The molecule has 0 amide bonds. The van der Waals surface area contributed by atoms with Crippen molar-refractivity contribution < 1.29 is 23.8 Å². The zero-order valence-corrected chi connectivity index (χ0v) is 13.6. The number of carbonyl (C=O) groups excluding carboxylic acids is 2. The Kier molecular flexibility index (Phi) is 7.07. The largest absolute Gasteiger partial charge is 0.497 e. The van der Waals surface area contributed by atoms with Crippen molar-refractivity contribution in [1.29, 1.82) is 5.26 Å². The van der Waals surface area contributed by atoms with Crippen molar-refractivity contribution >= 4 is 11.9 Å². The molecule has 0 unspecified atom stereocenters. The van der Waals surface area contributed by atoms with Gasteiger partial charge in [-0.3, -0.25) is 9.59 Å². The first-order valence-corrected chi connectivity index (χ1v) is 7.20. The van der Waals surface area contributed by atoms with Gasteiger partial charge in [-0.15, -0.1) is 0 Å². The van der Waals surface area contributed by atoms with E-state index in [2.05, 4.69) is 15.5 Å². The molecule has 23 heavy (non-hydrogen) atoms. The normalized spacial score (nSPS) is 10.5. The molecule has 1 rings (SSSR count). The SMILES string of the molecule is COC(=O)CCC(C#N)(CCC(=O)OC)c1ccc(OC)cc1. The van der Waals surface area contributed by atoms with Crippen molar-refractivity contribution in [3.8, 4) is 11.8 Å². The molecular formula is C17H21NO5. The number of nitrogens with zero attached hydrogens (tertiary/aromatic N) is 1. The lowest BCUT2D eigenvalue weighted by molar-refractivity contribution is -0.141. The van der Waals surface area contributed by atoms with Crippen LogP contribution in [0.4, 0.5) is 0 Å². The summed E-state index contributed by atoms with van der Waals surface area (Å²) in [6.07, 6.45) is 0.716. The molecule has 0 aliphatic carbocycles. The summed E-state index contributed by atoms with van der Waals surface area (Å²) >= 11 is 0. The highest BCUT2D eigenvalue weighted by Crippen LogP contribution is 2.35. The fraction of sp³-hybridized carbons (Fsp3) is 0.471. The van der Waals surface area contributed by atoms with Crippen molar-refractivity contribution in [2.45, 2.75) is 31.1 Å². The van der Waals surface area contributed by atoms with Gasteiger partial charge in [0, 0.05) is 12.8 Å². The third kappa shape index (κ3) is 4.99. The van der Waals surface area contributed by atoms with Gasteiger partial charge in [0.1, 0.15) is 5.75 Å². The van der Waals surface area contributed by atoms with Gasteiger partial charge in [0.05, 0.1) is 32.8 Å². The van der Waals surface area contributed by atoms with E-state index in [1.54, 1.807) is 31.4 Å². The summed E-state index contributed by atoms with van der Waals surface area (Å²) in [7, 11) is 4.16. The van der Waals surface area contributed by atoms with Crippen LogP contribution in [-0.4, -0.2) is 33.3 Å². The van der Waals surface area contributed by atoms with Crippen LogP contribution in [0, 0.1) is 11.3 Å². The van der Waals surface area contributed by atoms with Gasteiger partial charge in [-0.25, -0.2) is 0 Å². The Balaban J connectivity index is 3.07. The number of carbonyl (C=O) groups is 2. The second kappa shape index (κ2) is 8.79. The summed E-state index contributed by atoms with van der Waals surface area (Å²) in [5, 5.41) is 9.74. The molecule has 6 heteroatoms. The maximum atomic E-state index is 11.5. The molecule has 0 saturated carbocycles. The summed E-state index contributed by atoms with van der Waals surface area (Å²) in [6, 6.07) is 9.32. The summed E-state index contributed by atoms with van der Waals surface area (Å²) in [6.45, 7) is 0. The summed E-state index contributed by atoms with van der Waals surface area (Å²) in [4.78, 5) is 22.9. The Hall–Kier alpha value is -2.55. The van der Waals surface area contributed by atoms with Crippen molar-refractivity contribution in [2.24, 2.45) is 0 Å². The van der Waals surface area contributed by atoms with Gasteiger partial charge in [-0.1, -0.05) is 12.1 Å². The van der Waals surface area contributed by atoms with Crippen LogP contribution in [0.2, 0.25) is 0 Å². The Bertz CT molecular complexity index is 554. The summed E-state index contributed by atoms with van der Waals surface area (Å²) in [5.74, 6) is -0.117. The van der Waals surface area contributed by atoms with Crippen LogP contribution in [0.15, 0.2) is 24.3 Å².